The van der Waals surface area contributed by atoms with Crippen LogP contribution in [0, 0.1) is 11.3 Å². The van der Waals surface area contributed by atoms with Crippen LogP contribution in [-0.2, 0) is 12.3 Å². The van der Waals surface area contributed by atoms with Gasteiger partial charge in [0.1, 0.15) is 0 Å². The summed E-state index contributed by atoms with van der Waals surface area (Å²) in [6.07, 6.45) is -4.17. The largest absolute Gasteiger partial charge is 0.573 e. The van der Waals surface area contributed by atoms with E-state index in [4.69, 9.17) is 21.6 Å². The first-order valence-corrected chi connectivity index (χ1v) is 5.19. The number of hydrogen-bond donors (Lipinski definition) is 0. The van der Waals surface area contributed by atoms with Crippen LogP contribution in [0.15, 0.2) is 6.20 Å². The number of pyridine rings is 1. The van der Waals surface area contributed by atoms with E-state index in [2.05, 4.69) is 9.72 Å². The number of rotatable bonds is 4. The summed E-state index contributed by atoms with van der Waals surface area (Å²) in [4.78, 5) is 3.72. The normalized spacial score (nSPS) is 10.9. The SMILES string of the molecule is COc1c(OC(F)(F)F)cnc(CCl)c1CC#N. The van der Waals surface area contributed by atoms with E-state index in [-0.39, 0.29) is 29.3 Å². The summed E-state index contributed by atoms with van der Waals surface area (Å²) in [6.45, 7) is 0. The molecule has 0 amide bonds. The Morgan fingerprint density at radius 2 is 2.17 bits per heavy atom. The lowest BCUT2D eigenvalue weighted by Crippen LogP contribution is -2.18. The predicted octanol–water partition coefficient (Wildman–Crippen LogP) is 2.79. The molecule has 0 aliphatic heterocycles. The van der Waals surface area contributed by atoms with Gasteiger partial charge < -0.3 is 9.47 Å². The molecule has 0 aliphatic rings. The van der Waals surface area contributed by atoms with Crippen molar-refractivity contribution in [2.45, 2.75) is 18.7 Å². The van der Waals surface area contributed by atoms with Crippen LogP contribution in [0.4, 0.5) is 13.2 Å². The maximum absolute atomic E-state index is 12.2. The Labute approximate surface area is 106 Å². The van der Waals surface area contributed by atoms with Crippen LogP contribution in [0.1, 0.15) is 11.3 Å². The molecule has 0 saturated carbocycles. The third kappa shape index (κ3) is 3.40. The Morgan fingerprint density at radius 3 is 2.61 bits per heavy atom. The molecule has 0 atom stereocenters. The molecule has 0 fully saturated rings. The van der Waals surface area contributed by atoms with Crippen LogP contribution in [0.2, 0.25) is 0 Å². The van der Waals surface area contributed by atoms with Gasteiger partial charge in [0.05, 0.1) is 37.4 Å². The monoisotopic (exact) mass is 280 g/mol. The highest BCUT2D eigenvalue weighted by Gasteiger charge is 2.33. The summed E-state index contributed by atoms with van der Waals surface area (Å²) in [5.41, 5.74) is 0.473. The Kier molecular flexibility index (Phi) is 4.62. The van der Waals surface area contributed by atoms with E-state index in [9.17, 15) is 13.2 Å². The summed E-state index contributed by atoms with van der Waals surface area (Å²) in [5, 5.41) is 8.64. The molecule has 0 unspecified atom stereocenters. The molecular formula is C10H8ClF3N2O2. The molecule has 0 N–H and O–H groups in total. The Balaban J connectivity index is 3.29. The predicted molar refractivity (Wildman–Crippen MR) is 56.3 cm³/mol. The first-order chi connectivity index (χ1) is 8.42. The molecular weight excluding hydrogens is 273 g/mol. The first kappa shape index (κ1) is 14.4. The highest BCUT2D eigenvalue weighted by Crippen LogP contribution is 2.36. The summed E-state index contributed by atoms with van der Waals surface area (Å²) in [7, 11) is 1.18. The van der Waals surface area contributed by atoms with Crippen molar-refractivity contribution in [3.05, 3.63) is 17.5 Å². The van der Waals surface area contributed by atoms with E-state index in [0.29, 0.717) is 0 Å². The molecule has 1 aromatic heterocycles. The zero-order valence-electron chi connectivity index (χ0n) is 9.21. The maximum Gasteiger partial charge on any atom is 0.573 e. The minimum atomic E-state index is -4.86. The molecule has 18 heavy (non-hydrogen) atoms. The number of hydrogen-bond acceptors (Lipinski definition) is 4. The van der Waals surface area contributed by atoms with Gasteiger partial charge >= 0.3 is 6.36 Å². The summed E-state index contributed by atoms with van der Waals surface area (Å²) < 4.78 is 45.1. The molecule has 0 bridgehead atoms. The van der Waals surface area contributed by atoms with Crippen molar-refractivity contribution in [3.8, 4) is 17.6 Å². The van der Waals surface area contributed by atoms with Gasteiger partial charge in [-0.25, -0.2) is 0 Å². The average Bonchev–Trinajstić information content (AvgIpc) is 2.28. The molecule has 4 nitrogen and oxygen atoms in total. The molecule has 1 aromatic rings. The van der Waals surface area contributed by atoms with Crippen molar-refractivity contribution < 1.29 is 22.6 Å². The topological polar surface area (TPSA) is 55.1 Å². The number of ether oxygens (including phenoxy) is 2. The van der Waals surface area contributed by atoms with Gasteiger partial charge in [-0.3, -0.25) is 4.98 Å². The van der Waals surface area contributed by atoms with E-state index < -0.39 is 12.1 Å². The van der Waals surface area contributed by atoms with E-state index in [1.54, 1.807) is 0 Å². The average molecular weight is 281 g/mol. The lowest BCUT2D eigenvalue weighted by atomic mass is 10.1. The third-order valence-corrected chi connectivity index (χ3v) is 2.25. The molecule has 0 aromatic carbocycles. The van der Waals surface area contributed by atoms with Crippen molar-refractivity contribution in [1.82, 2.24) is 4.98 Å². The Bertz CT molecular complexity index is 471. The maximum atomic E-state index is 12.2. The number of alkyl halides is 4. The lowest BCUT2D eigenvalue weighted by molar-refractivity contribution is -0.275. The fourth-order valence-corrected chi connectivity index (χ4v) is 1.58. The Morgan fingerprint density at radius 1 is 1.50 bits per heavy atom. The van der Waals surface area contributed by atoms with Crippen molar-refractivity contribution in [2.75, 3.05) is 7.11 Å². The Hall–Kier alpha value is -1.68. The van der Waals surface area contributed by atoms with Gasteiger partial charge in [-0.05, 0) is 0 Å². The third-order valence-electron chi connectivity index (χ3n) is 2.00. The molecule has 0 saturated heterocycles. The van der Waals surface area contributed by atoms with Crippen LogP contribution in [0.25, 0.3) is 0 Å². The second kappa shape index (κ2) is 5.78. The molecule has 8 heteroatoms. The quantitative estimate of drug-likeness (QED) is 0.796. The first-order valence-electron chi connectivity index (χ1n) is 4.66. The van der Waals surface area contributed by atoms with Crippen LogP contribution in [0.5, 0.6) is 11.5 Å². The number of methoxy groups -OCH3 is 1. The van der Waals surface area contributed by atoms with Gasteiger partial charge in [0.2, 0.25) is 0 Å². The molecule has 98 valence electrons. The van der Waals surface area contributed by atoms with Crippen LogP contribution in [0.3, 0.4) is 0 Å². The summed E-state index contributed by atoms with van der Waals surface area (Å²) >= 11 is 5.59. The number of aromatic nitrogens is 1. The number of halogens is 4. The second-order valence-corrected chi connectivity index (χ2v) is 3.36. The van der Waals surface area contributed by atoms with Gasteiger partial charge in [-0.1, -0.05) is 0 Å². The van der Waals surface area contributed by atoms with Crippen molar-refractivity contribution in [3.63, 3.8) is 0 Å². The van der Waals surface area contributed by atoms with Crippen molar-refractivity contribution >= 4 is 11.6 Å². The number of nitriles is 1. The molecule has 1 rings (SSSR count). The van der Waals surface area contributed by atoms with Crippen LogP contribution in [-0.4, -0.2) is 18.5 Å². The van der Waals surface area contributed by atoms with Gasteiger partial charge in [-0.15, -0.1) is 24.8 Å². The van der Waals surface area contributed by atoms with Gasteiger partial charge in [0, 0.05) is 5.56 Å². The minimum Gasteiger partial charge on any atom is -0.492 e. The fourth-order valence-electron chi connectivity index (χ4n) is 1.35. The zero-order valence-corrected chi connectivity index (χ0v) is 9.97. The van der Waals surface area contributed by atoms with Crippen LogP contribution < -0.4 is 9.47 Å². The summed E-state index contributed by atoms with van der Waals surface area (Å²) in [5.74, 6) is -0.816. The van der Waals surface area contributed by atoms with Crippen molar-refractivity contribution in [1.29, 1.82) is 5.26 Å². The van der Waals surface area contributed by atoms with E-state index in [0.717, 1.165) is 6.20 Å². The fraction of sp³-hybridized carbons (Fsp3) is 0.400. The molecule has 0 aliphatic carbocycles. The minimum absolute atomic E-state index is 0.0420. The molecule has 1 heterocycles. The van der Waals surface area contributed by atoms with E-state index in [1.165, 1.54) is 7.11 Å². The summed E-state index contributed by atoms with van der Waals surface area (Å²) in [6, 6.07) is 1.81. The second-order valence-electron chi connectivity index (χ2n) is 3.10. The van der Waals surface area contributed by atoms with E-state index in [1.807, 2.05) is 6.07 Å². The van der Waals surface area contributed by atoms with Crippen molar-refractivity contribution in [2.24, 2.45) is 0 Å². The smallest absolute Gasteiger partial charge is 0.492 e. The highest BCUT2D eigenvalue weighted by atomic mass is 35.5. The zero-order chi connectivity index (χ0) is 13.8. The van der Waals surface area contributed by atoms with Gasteiger partial charge in [0.15, 0.2) is 11.5 Å². The van der Waals surface area contributed by atoms with E-state index >= 15 is 0 Å². The van der Waals surface area contributed by atoms with Crippen LogP contribution >= 0.6 is 11.6 Å². The lowest BCUT2D eigenvalue weighted by Gasteiger charge is -2.15. The van der Waals surface area contributed by atoms with Gasteiger partial charge in [-0.2, -0.15) is 5.26 Å². The molecule has 0 spiro atoms. The van der Waals surface area contributed by atoms with Gasteiger partial charge in [0.25, 0.3) is 0 Å². The highest BCUT2D eigenvalue weighted by molar-refractivity contribution is 6.17. The number of nitrogens with zero attached hydrogens (tertiary/aromatic N) is 2. The standard InChI is InChI=1S/C10H8ClF3N2O2/c1-17-9-6(2-3-15)7(4-11)16-5-8(9)18-10(12,13)14/h5H,2,4H2,1H3. The molecule has 0 radical (unpaired) electrons.